The lowest BCUT2D eigenvalue weighted by atomic mass is 10.1. The van der Waals surface area contributed by atoms with E-state index in [1.165, 1.54) is 36.9 Å². The molecule has 0 atom stereocenters. The van der Waals surface area contributed by atoms with Crippen LogP contribution in [-0.4, -0.2) is 57.8 Å². The number of aromatic nitrogens is 3. The van der Waals surface area contributed by atoms with Gasteiger partial charge in [0.2, 0.25) is 0 Å². The number of aryl methyl sites for hydroxylation is 2. The van der Waals surface area contributed by atoms with E-state index in [2.05, 4.69) is 44.4 Å². The lowest BCUT2D eigenvalue weighted by Gasteiger charge is -2.39. The molecule has 2 aliphatic rings. The summed E-state index contributed by atoms with van der Waals surface area (Å²) in [4.78, 5) is 9.77. The van der Waals surface area contributed by atoms with Gasteiger partial charge in [-0.1, -0.05) is 30.5 Å². The number of piperazine rings is 1. The van der Waals surface area contributed by atoms with E-state index in [1.54, 1.807) is 0 Å². The minimum Gasteiger partial charge on any atom is -0.368 e. The number of hydrogen-bond acceptors (Lipinski definition) is 4. The summed E-state index contributed by atoms with van der Waals surface area (Å²) in [5, 5.41) is 13.0. The molecule has 170 valence electrons. The van der Waals surface area contributed by atoms with E-state index in [1.807, 2.05) is 24.6 Å². The molecule has 9 heteroatoms. The minimum atomic E-state index is 0. The quantitative estimate of drug-likeness (QED) is 0.351. The molecule has 2 aromatic rings. The van der Waals surface area contributed by atoms with Crippen LogP contribution in [0.1, 0.15) is 42.9 Å². The average molecular weight is 558 g/mol. The zero-order chi connectivity index (χ0) is 21.1. The molecule has 2 heterocycles. The Labute approximate surface area is 207 Å². The van der Waals surface area contributed by atoms with Crippen LogP contribution in [0.25, 0.3) is 0 Å². The molecular formula is C22H33ClIN7. The van der Waals surface area contributed by atoms with E-state index in [0.29, 0.717) is 12.6 Å². The van der Waals surface area contributed by atoms with Crippen LogP contribution in [0.3, 0.4) is 0 Å². The van der Waals surface area contributed by atoms with Gasteiger partial charge in [0, 0.05) is 50.0 Å². The third-order valence-electron chi connectivity index (χ3n) is 6.33. The fourth-order valence-corrected chi connectivity index (χ4v) is 4.47. The lowest BCUT2D eigenvalue weighted by molar-refractivity contribution is 0.365. The monoisotopic (exact) mass is 557 g/mol. The van der Waals surface area contributed by atoms with Crippen molar-refractivity contribution in [3.63, 3.8) is 0 Å². The third kappa shape index (κ3) is 5.83. The molecule has 1 N–H and O–H groups in total. The molecule has 1 saturated heterocycles. The first kappa shape index (κ1) is 24.1. The number of hydrogen-bond donors (Lipinski definition) is 1. The molecule has 7 nitrogen and oxygen atoms in total. The van der Waals surface area contributed by atoms with E-state index < -0.39 is 0 Å². The number of anilines is 1. The summed E-state index contributed by atoms with van der Waals surface area (Å²) in [6, 6.07) is 6.66. The number of nitrogens with zero attached hydrogens (tertiary/aromatic N) is 6. The molecule has 0 radical (unpaired) electrons. The molecule has 1 saturated carbocycles. The second-order valence-electron chi connectivity index (χ2n) is 8.39. The molecule has 1 aliphatic carbocycles. The Morgan fingerprint density at radius 1 is 1.13 bits per heavy atom. The predicted octanol–water partition coefficient (Wildman–Crippen LogP) is 3.91. The maximum absolute atomic E-state index is 6.25. The van der Waals surface area contributed by atoms with E-state index in [0.717, 1.165) is 48.8 Å². The van der Waals surface area contributed by atoms with Crippen molar-refractivity contribution >= 4 is 47.2 Å². The van der Waals surface area contributed by atoms with Gasteiger partial charge in [0.15, 0.2) is 11.8 Å². The zero-order valence-electron chi connectivity index (χ0n) is 18.6. The van der Waals surface area contributed by atoms with Crippen LogP contribution in [-0.2, 0) is 13.6 Å². The number of rotatable bonds is 4. The molecule has 31 heavy (non-hydrogen) atoms. The Morgan fingerprint density at radius 2 is 1.84 bits per heavy atom. The normalized spacial score (nSPS) is 17.7. The van der Waals surface area contributed by atoms with Gasteiger partial charge in [-0.3, -0.25) is 0 Å². The summed E-state index contributed by atoms with van der Waals surface area (Å²) in [7, 11) is 2.00. The Kier molecular flexibility index (Phi) is 8.43. The number of guanidine groups is 1. The van der Waals surface area contributed by atoms with Crippen LogP contribution >= 0.6 is 35.6 Å². The maximum atomic E-state index is 6.25. The second-order valence-corrected chi connectivity index (χ2v) is 8.83. The van der Waals surface area contributed by atoms with Gasteiger partial charge >= 0.3 is 0 Å². The molecule has 2 fully saturated rings. The molecule has 1 aliphatic heterocycles. The molecule has 1 aromatic carbocycles. The molecule has 0 amide bonds. The van der Waals surface area contributed by atoms with Gasteiger partial charge < -0.3 is 19.7 Å². The van der Waals surface area contributed by atoms with Crippen molar-refractivity contribution in [2.75, 3.05) is 31.1 Å². The SMILES string of the molecule is Cc1ccc(Cl)cc1N1CCN(C(=NCc2nnc(C)n2C)NC2CCCC2)CC1.I. The molecular weight excluding hydrogens is 525 g/mol. The maximum Gasteiger partial charge on any atom is 0.194 e. The first-order valence-electron chi connectivity index (χ1n) is 10.9. The van der Waals surface area contributed by atoms with E-state index in [-0.39, 0.29) is 24.0 Å². The van der Waals surface area contributed by atoms with Gasteiger partial charge in [-0.25, -0.2) is 4.99 Å². The Bertz CT molecular complexity index is 899. The topological polar surface area (TPSA) is 61.6 Å². The second kappa shape index (κ2) is 10.8. The fourth-order valence-electron chi connectivity index (χ4n) is 4.31. The smallest absolute Gasteiger partial charge is 0.194 e. The van der Waals surface area contributed by atoms with Gasteiger partial charge in [0.05, 0.1) is 0 Å². The van der Waals surface area contributed by atoms with Crippen molar-refractivity contribution < 1.29 is 0 Å². The average Bonchev–Trinajstić information content (AvgIpc) is 3.38. The van der Waals surface area contributed by atoms with Crippen LogP contribution in [0.5, 0.6) is 0 Å². The Morgan fingerprint density at radius 3 is 2.48 bits per heavy atom. The largest absolute Gasteiger partial charge is 0.368 e. The van der Waals surface area contributed by atoms with Crippen LogP contribution < -0.4 is 10.2 Å². The molecule has 0 spiro atoms. The zero-order valence-corrected chi connectivity index (χ0v) is 21.7. The van der Waals surface area contributed by atoms with Crippen molar-refractivity contribution in [1.82, 2.24) is 25.0 Å². The number of halogens is 2. The summed E-state index contributed by atoms with van der Waals surface area (Å²) in [5.41, 5.74) is 2.50. The van der Waals surface area contributed by atoms with Gasteiger partial charge in [0.1, 0.15) is 12.4 Å². The highest BCUT2D eigenvalue weighted by atomic mass is 127. The molecule has 0 unspecified atom stereocenters. The number of benzene rings is 1. The Balaban J connectivity index is 0.00000272. The number of aliphatic imine (C=N–C) groups is 1. The summed E-state index contributed by atoms with van der Waals surface area (Å²) >= 11 is 6.25. The van der Waals surface area contributed by atoms with Crippen LogP contribution in [0.2, 0.25) is 5.02 Å². The third-order valence-corrected chi connectivity index (χ3v) is 6.57. The van der Waals surface area contributed by atoms with Crippen molar-refractivity contribution in [3.05, 3.63) is 40.4 Å². The molecule has 1 aromatic heterocycles. The standard InChI is InChI=1S/C22H32ClN7.HI/c1-16-8-9-18(23)14-20(16)29-10-12-30(13-11-29)22(25-19-6-4-5-7-19)24-15-21-27-26-17(2)28(21)3;/h8-9,14,19H,4-7,10-13,15H2,1-3H3,(H,24,25);1H. The van der Waals surface area contributed by atoms with E-state index in [9.17, 15) is 0 Å². The fraction of sp³-hybridized carbons (Fsp3) is 0.591. The summed E-state index contributed by atoms with van der Waals surface area (Å²) in [6.45, 7) is 8.43. The summed E-state index contributed by atoms with van der Waals surface area (Å²) < 4.78 is 2.01. The van der Waals surface area contributed by atoms with Crippen molar-refractivity contribution in [3.8, 4) is 0 Å². The van der Waals surface area contributed by atoms with E-state index in [4.69, 9.17) is 16.6 Å². The molecule has 0 bridgehead atoms. The first-order chi connectivity index (χ1) is 14.5. The Hall–Kier alpha value is -1.55. The van der Waals surface area contributed by atoms with Gasteiger partial charge in [0.25, 0.3) is 0 Å². The van der Waals surface area contributed by atoms with Crippen LogP contribution in [0.15, 0.2) is 23.2 Å². The van der Waals surface area contributed by atoms with Gasteiger partial charge in [-0.15, -0.1) is 34.2 Å². The summed E-state index contributed by atoms with van der Waals surface area (Å²) in [5.74, 6) is 2.81. The van der Waals surface area contributed by atoms with Crippen LogP contribution in [0.4, 0.5) is 5.69 Å². The lowest BCUT2D eigenvalue weighted by Crippen LogP contribution is -2.54. The van der Waals surface area contributed by atoms with Crippen molar-refractivity contribution in [1.29, 1.82) is 0 Å². The van der Waals surface area contributed by atoms with Crippen molar-refractivity contribution in [2.45, 2.75) is 52.1 Å². The first-order valence-corrected chi connectivity index (χ1v) is 11.3. The summed E-state index contributed by atoms with van der Waals surface area (Å²) in [6.07, 6.45) is 5.05. The minimum absolute atomic E-state index is 0. The van der Waals surface area contributed by atoms with Crippen LogP contribution in [0, 0.1) is 13.8 Å². The van der Waals surface area contributed by atoms with Gasteiger partial charge in [-0.05, 0) is 44.4 Å². The molecule has 4 rings (SSSR count). The van der Waals surface area contributed by atoms with Gasteiger partial charge in [-0.2, -0.15) is 0 Å². The predicted molar refractivity (Wildman–Crippen MR) is 138 cm³/mol. The highest BCUT2D eigenvalue weighted by Crippen LogP contribution is 2.25. The van der Waals surface area contributed by atoms with Crippen molar-refractivity contribution in [2.24, 2.45) is 12.0 Å². The van der Waals surface area contributed by atoms with E-state index >= 15 is 0 Å². The highest BCUT2D eigenvalue weighted by Gasteiger charge is 2.24. The number of nitrogens with one attached hydrogen (secondary N) is 1. The highest BCUT2D eigenvalue weighted by molar-refractivity contribution is 14.0.